The Hall–Kier alpha value is -1.38. The number of rotatable bonds is 8. The Morgan fingerprint density at radius 2 is 1.71 bits per heavy atom. The number of morpholine rings is 1. The van der Waals surface area contributed by atoms with Crippen molar-refractivity contribution in [3.63, 3.8) is 0 Å². The number of amides is 2. The second-order valence-electron chi connectivity index (χ2n) is 6.92. The molecular formula is C19H32Cl2N4O3. The van der Waals surface area contributed by atoms with Crippen LogP contribution in [0.4, 0.5) is 0 Å². The van der Waals surface area contributed by atoms with E-state index >= 15 is 0 Å². The molecule has 9 heteroatoms. The Kier molecular flexibility index (Phi) is 13.1. The largest absolute Gasteiger partial charge is 0.379 e. The predicted octanol–water partition coefficient (Wildman–Crippen LogP) is 1.08. The second-order valence-corrected chi connectivity index (χ2v) is 6.92. The Balaban J connectivity index is 0.00000364. The third-order valence-corrected chi connectivity index (χ3v) is 4.54. The first-order valence-corrected chi connectivity index (χ1v) is 9.14. The van der Waals surface area contributed by atoms with Crippen LogP contribution in [0.1, 0.15) is 25.0 Å². The number of nitrogens with zero attached hydrogens (tertiary/aromatic N) is 1. The summed E-state index contributed by atoms with van der Waals surface area (Å²) in [6.07, 6.45) is 0. The van der Waals surface area contributed by atoms with Crippen molar-refractivity contribution in [3.8, 4) is 0 Å². The molecule has 7 nitrogen and oxygen atoms in total. The summed E-state index contributed by atoms with van der Waals surface area (Å²) in [5.74, 6) is -0.497. The summed E-state index contributed by atoms with van der Waals surface area (Å²) in [6.45, 7) is 8.32. The topological polar surface area (TPSA) is 96.7 Å². The quantitative estimate of drug-likeness (QED) is 0.568. The number of ether oxygens (including phenoxy) is 1. The monoisotopic (exact) mass is 434 g/mol. The normalized spacial score (nSPS) is 15.1. The molecule has 0 aliphatic carbocycles. The van der Waals surface area contributed by atoms with Crippen LogP contribution in [0.3, 0.4) is 0 Å². The van der Waals surface area contributed by atoms with Crippen molar-refractivity contribution in [1.82, 2.24) is 15.5 Å². The standard InChI is InChI=1S/C19H30N4O3.2ClH/c1-14(2)18(20)19(25)22-12-17(24)21-11-15-5-3-4-6-16(15)13-23-7-9-26-10-8-23;;/h3-6,14,18H,7-13,20H2,1-2H3,(H,21,24)(H,22,25);2*1H/t18-;;/m0../s1. The van der Waals surface area contributed by atoms with E-state index in [9.17, 15) is 9.59 Å². The zero-order chi connectivity index (χ0) is 18.9. The summed E-state index contributed by atoms with van der Waals surface area (Å²) >= 11 is 0. The summed E-state index contributed by atoms with van der Waals surface area (Å²) in [4.78, 5) is 26.2. The van der Waals surface area contributed by atoms with E-state index in [2.05, 4.69) is 21.6 Å². The average Bonchev–Trinajstić information content (AvgIpc) is 2.65. The molecule has 0 unspecified atom stereocenters. The van der Waals surface area contributed by atoms with E-state index in [1.54, 1.807) is 0 Å². The van der Waals surface area contributed by atoms with Crippen LogP contribution in [-0.4, -0.2) is 55.6 Å². The molecule has 0 bridgehead atoms. The van der Waals surface area contributed by atoms with E-state index in [1.165, 1.54) is 5.56 Å². The van der Waals surface area contributed by atoms with Crippen LogP contribution in [0.25, 0.3) is 0 Å². The number of carbonyl (C=O) groups excluding carboxylic acids is 2. The van der Waals surface area contributed by atoms with Gasteiger partial charge in [0.25, 0.3) is 0 Å². The van der Waals surface area contributed by atoms with Gasteiger partial charge in [-0.15, -0.1) is 24.8 Å². The van der Waals surface area contributed by atoms with E-state index in [0.29, 0.717) is 6.54 Å². The van der Waals surface area contributed by atoms with E-state index in [0.717, 1.165) is 38.4 Å². The van der Waals surface area contributed by atoms with E-state index in [1.807, 2.05) is 32.0 Å². The molecule has 28 heavy (non-hydrogen) atoms. The molecule has 0 saturated carbocycles. The highest BCUT2D eigenvalue weighted by Crippen LogP contribution is 2.13. The average molecular weight is 435 g/mol. The van der Waals surface area contributed by atoms with Gasteiger partial charge >= 0.3 is 0 Å². The third kappa shape index (κ3) is 8.75. The highest BCUT2D eigenvalue weighted by atomic mass is 35.5. The minimum absolute atomic E-state index is 0. The molecule has 0 aromatic heterocycles. The van der Waals surface area contributed by atoms with Gasteiger partial charge in [-0.3, -0.25) is 14.5 Å². The van der Waals surface area contributed by atoms with Gasteiger partial charge in [-0.1, -0.05) is 38.1 Å². The summed E-state index contributed by atoms with van der Waals surface area (Å²) < 4.78 is 5.38. The maximum absolute atomic E-state index is 12.0. The van der Waals surface area contributed by atoms with Crippen molar-refractivity contribution in [2.24, 2.45) is 11.7 Å². The first kappa shape index (κ1) is 26.6. The molecule has 2 amide bonds. The van der Waals surface area contributed by atoms with Crippen LogP contribution in [0.15, 0.2) is 24.3 Å². The maximum Gasteiger partial charge on any atom is 0.239 e. The number of hydrogen-bond acceptors (Lipinski definition) is 5. The fraction of sp³-hybridized carbons (Fsp3) is 0.579. The minimum atomic E-state index is -0.600. The predicted molar refractivity (Wildman–Crippen MR) is 115 cm³/mol. The Bertz CT molecular complexity index is 611. The van der Waals surface area contributed by atoms with Crippen LogP contribution in [0, 0.1) is 5.92 Å². The summed E-state index contributed by atoms with van der Waals surface area (Å²) in [5, 5.41) is 5.44. The van der Waals surface area contributed by atoms with Crippen molar-refractivity contribution in [2.75, 3.05) is 32.8 Å². The van der Waals surface area contributed by atoms with Crippen molar-refractivity contribution in [3.05, 3.63) is 35.4 Å². The Morgan fingerprint density at radius 3 is 2.32 bits per heavy atom. The van der Waals surface area contributed by atoms with Crippen LogP contribution in [-0.2, 0) is 27.4 Å². The molecular weight excluding hydrogens is 403 g/mol. The van der Waals surface area contributed by atoms with E-state index in [4.69, 9.17) is 10.5 Å². The van der Waals surface area contributed by atoms with Gasteiger partial charge in [0.15, 0.2) is 0 Å². The molecule has 1 aromatic carbocycles. The lowest BCUT2D eigenvalue weighted by Gasteiger charge is -2.27. The van der Waals surface area contributed by atoms with Gasteiger partial charge in [0.2, 0.25) is 11.8 Å². The molecule has 1 fully saturated rings. The SMILES string of the molecule is CC(C)[C@H](N)C(=O)NCC(=O)NCc1ccccc1CN1CCOCC1.Cl.Cl. The van der Waals surface area contributed by atoms with Crippen molar-refractivity contribution < 1.29 is 14.3 Å². The van der Waals surface area contributed by atoms with Crippen molar-refractivity contribution in [2.45, 2.75) is 33.0 Å². The zero-order valence-corrected chi connectivity index (χ0v) is 18.1. The van der Waals surface area contributed by atoms with E-state index < -0.39 is 6.04 Å². The number of halogens is 2. The van der Waals surface area contributed by atoms with E-state index in [-0.39, 0.29) is 49.1 Å². The highest BCUT2D eigenvalue weighted by Gasteiger charge is 2.18. The number of hydrogen-bond donors (Lipinski definition) is 3. The molecule has 0 radical (unpaired) electrons. The number of nitrogens with one attached hydrogen (secondary N) is 2. The maximum atomic E-state index is 12.0. The van der Waals surface area contributed by atoms with Gasteiger partial charge in [0, 0.05) is 26.2 Å². The zero-order valence-electron chi connectivity index (χ0n) is 16.5. The molecule has 160 valence electrons. The molecule has 1 aliphatic heterocycles. The molecule has 4 N–H and O–H groups in total. The molecule has 1 aliphatic rings. The van der Waals surface area contributed by atoms with Crippen molar-refractivity contribution >= 4 is 36.6 Å². The van der Waals surface area contributed by atoms with Crippen LogP contribution in [0.2, 0.25) is 0 Å². The van der Waals surface area contributed by atoms with Crippen LogP contribution >= 0.6 is 24.8 Å². The Labute approximate surface area is 179 Å². The highest BCUT2D eigenvalue weighted by molar-refractivity contribution is 5.87. The molecule has 0 spiro atoms. The fourth-order valence-electron chi connectivity index (χ4n) is 2.73. The van der Waals surface area contributed by atoms with Gasteiger partial charge in [-0.2, -0.15) is 0 Å². The lowest BCUT2D eigenvalue weighted by molar-refractivity contribution is -0.127. The Morgan fingerprint density at radius 1 is 1.11 bits per heavy atom. The third-order valence-electron chi connectivity index (χ3n) is 4.54. The summed E-state index contributed by atoms with van der Waals surface area (Å²) in [6, 6.07) is 7.48. The molecule has 1 heterocycles. The lowest BCUT2D eigenvalue weighted by Crippen LogP contribution is -2.47. The summed E-state index contributed by atoms with van der Waals surface area (Å²) in [5.41, 5.74) is 8.04. The second kappa shape index (κ2) is 13.7. The minimum Gasteiger partial charge on any atom is -0.379 e. The van der Waals surface area contributed by atoms with Gasteiger partial charge < -0.3 is 21.1 Å². The molecule has 2 rings (SSSR count). The number of benzene rings is 1. The molecule has 1 aromatic rings. The fourth-order valence-corrected chi connectivity index (χ4v) is 2.73. The van der Waals surface area contributed by atoms with Crippen molar-refractivity contribution in [1.29, 1.82) is 0 Å². The van der Waals surface area contributed by atoms with Gasteiger partial charge in [-0.25, -0.2) is 0 Å². The first-order chi connectivity index (χ1) is 12.5. The first-order valence-electron chi connectivity index (χ1n) is 9.14. The molecule has 1 saturated heterocycles. The number of nitrogens with two attached hydrogens (primary N) is 1. The van der Waals surface area contributed by atoms with Crippen LogP contribution < -0.4 is 16.4 Å². The molecule has 1 atom stereocenters. The number of carbonyl (C=O) groups is 2. The van der Waals surface area contributed by atoms with Gasteiger partial charge in [0.1, 0.15) is 0 Å². The van der Waals surface area contributed by atoms with Gasteiger partial charge in [-0.05, 0) is 17.0 Å². The smallest absolute Gasteiger partial charge is 0.239 e. The lowest BCUT2D eigenvalue weighted by atomic mass is 10.1. The van der Waals surface area contributed by atoms with Crippen LogP contribution in [0.5, 0.6) is 0 Å². The van der Waals surface area contributed by atoms with Gasteiger partial charge in [0.05, 0.1) is 25.8 Å². The summed E-state index contributed by atoms with van der Waals surface area (Å²) in [7, 11) is 0.